The number of nitrogens with two attached hydrogens (primary N) is 1. The van der Waals surface area contributed by atoms with Gasteiger partial charge in [0.15, 0.2) is 0 Å². The predicted octanol–water partition coefficient (Wildman–Crippen LogP) is 4.00. The maximum Gasteiger partial charge on any atom is 0.114 e. The minimum atomic E-state index is 0.183. The predicted molar refractivity (Wildman–Crippen MR) is 75.4 cm³/mol. The minimum absolute atomic E-state index is 0.183. The second-order valence-electron chi connectivity index (χ2n) is 5.27. The number of hydrogen-bond donors (Lipinski definition) is 1. The fourth-order valence-electron chi connectivity index (χ4n) is 1.78. The summed E-state index contributed by atoms with van der Waals surface area (Å²) in [4.78, 5) is 4.47. The van der Waals surface area contributed by atoms with Crippen LogP contribution in [-0.4, -0.2) is 4.98 Å². The lowest BCUT2D eigenvalue weighted by Gasteiger charge is -2.18. The van der Waals surface area contributed by atoms with Gasteiger partial charge in [0.25, 0.3) is 0 Å². The first-order valence-corrected chi connectivity index (χ1v) is 6.53. The van der Waals surface area contributed by atoms with Gasteiger partial charge in [-0.25, -0.2) is 4.98 Å². The number of thiazole rings is 1. The molecule has 2 nitrogen and oxygen atoms in total. The Hall–Kier alpha value is -1.35. The molecule has 0 radical (unpaired) electrons. The molecule has 0 unspecified atom stereocenters. The third-order valence-corrected chi connectivity index (χ3v) is 3.58. The van der Waals surface area contributed by atoms with Crippen molar-refractivity contribution in [2.75, 3.05) is 5.73 Å². The quantitative estimate of drug-likeness (QED) is 0.826. The van der Waals surface area contributed by atoms with Gasteiger partial charge < -0.3 is 5.73 Å². The number of nitrogens with zero attached hydrogens (tertiary/aromatic N) is 1. The van der Waals surface area contributed by atoms with E-state index < -0.39 is 0 Å². The molecule has 0 atom stereocenters. The Morgan fingerprint density at radius 3 is 2.12 bits per heavy atom. The summed E-state index contributed by atoms with van der Waals surface area (Å²) in [7, 11) is 0. The maximum atomic E-state index is 5.95. The summed E-state index contributed by atoms with van der Waals surface area (Å²) in [6, 6.07) is 8.52. The molecule has 0 amide bonds. The summed E-state index contributed by atoms with van der Waals surface area (Å²) in [5, 5.41) is 1.81. The highest BCUT2D eigenvalue weighted by Gasteiger charge is 2.14. The van der Waals surface area contributed by atoms with Crippen molar-refractivity contribution in [2.24, 2.45) is 0 Å². The third kappa shape index (κ3) is 2.50. The fraction of sp³-hybridized carbons (Fsp3) is 0.357. The van der Waals surface area contributed by atoms with Gasteiger partial charge in [-0.2, -0.15) is 0 Å². The largest absolute Gasteiger partial charge is 0.389 e. The van der Waals surface area contributed by atoms with Crippen LogP contribution in [0.1, 0.15) is 31.3 Å². The topological polar surface area (TPSA) is 38.9 Å². The van der Waals surface area contributed by atoms with Crippen molar-refractivity contribution in [3.05, 3.63) is 34.8 Å². The van der Waals surface area contributed by atoms with Gasteiger partial charge in [-0.3, -0.25) is 0 Å². The summed E-state index contributed by atoms with van der Waals surface area (Å²) < 4.78 is 0. The normalized spacial score (nSPS) is 11.8. The van der Waals surface area contributed by atoms with Gasteiger partial charge in [0.05, 0.1) is 5.01 Å². The van der Waals surface area contributed by atoms with E-state index in [1.807, 2.05) is 6.92 Å². The van der Waals surface area contributed by atoms with E-state index >= 15 is 0 Å². The summed E-state index contributed by atoms with van der Waals surface area (Å²) in [5.74, 6) is 0. The molecule has 0 bridgehead atoms. The molecule has 90 valence electrons. The first kappa shape index (κ1) is 12.1. The zero-order valence-corrected chi connectivity index (χ0v) is 11.6. The Morgan fingerprint density at radius 1 is 1.12 bits per heavy atom. The number of hydrogen-bond acceptors (Lipinski definition) is 3. The van der Waals surface area contributed by atoms with E-state index in [4.69, 9.17) is 5.73 Å². The first-order chi connectivity index (χ1) is 7.88. The Labute approximate surface area is 107 Å². The Balaban J connectivity index is 2.39. The van der Waals surface area contributed by atoms with E-state index in [1.165, 1.54) is 5.56 Å². The molecule has 0 saturated carbocycles. The van der Waals surface area contributed by atoms with Crippen molar-refractivity contribution < 1.29 is 0 Å². The molecule has 3 heteroatoms. The van der Waals surface area contributed by atoms with Crippen molar-refractivity contribution in [2.45, 2.75) is 33.1 Å². The molecule has 1 heterocycles. The van der Waals surface area contributed by atoms with Gasteiger partial charge in [-0.1, -0.05) is 45.0 Å². The molecule has 2 N–H and O–H groups in total. The molecule has 0 aliphatic carbocycles. The molecule has 0 saturated heterocycles. The summed E-state index contributed by atoms with van der Waals surface area (Å²) >= 11 is 1.54. The van der Waals surface area contributed by atoms with Gasteiger partial charge >= 0.3 is 0 Å². The van der Waals surface area contributed by atoms with Crippen molar-refractivity contribution >= 4 is 16.3 Å². The maximum absolute atomic E-state index is 5.95. The first-order valence-electron chi connectivity index (χ1n) is 5.72. The van der Waals surface area contributed by atoms with Crippen molar-refractivity contribution in [1.82, 2.24) is 4.98 Å². The summed E-state index contributed by atoms with van der Waals surface area (Å²) in [6.45, 7) is 8.62. The van der Waals surface area contributed by atoms with E-state index in [0.29, 0.717) is 0 Å². The Bertz CT molecular complexity index is 518. The van der Waals surface area contributed by atoms with Crippen molar-refractivity contribution in [1.29, 1.82) is 0 Å². The average Bonchev–Trinajstić information content (AvgIpc) is 2.57. The summed E-state index contributed by atoms with van der Waals surface area (Å²) in [5.41, 5.74) is 9.47. The zero-order chi connectivity index (χ0) is 12.6. The standard InChI is InChI=1S/C14H18N2S/c1-9-16-12(13(15)17-9)10-5-7-11(8-6-10)14(2,3)4/h5-8H,15H2,1-4H3. The molecule has 0 aliphatic heterocycles. The summed E-state index contributed by atoms with van der Waals surface area (Å²) in [6.07, 6.45) is 0. The molecular formula is C14H18N2S. The van der Waals surface area contributed by atoms with E-state index in [-0.39, 0.29) is 5.41 Å². The Kier molecular flexibility index (Phi) is 2.96. The fourth-order valence-corrected chi connectivity index (χ4v) is 2.49. The molecule has 1 aromatic heterocycles. The van der Waals surface area contributed by atoms with E-state index in [0.717, 1.165) is 21.3 Å². The molecular weight excluding hydrogens is 228 g/mol. The van der Waals surface area contributed by atoms with Gasteiger partial charge in [0, 0.05) is 5.56 Å². The number of rotatable bonds is 1. The van der Waals surface area contributed by atoms with Crippen LogP contribution < -0.4 is 5.73 Å². The highest BCUT2D eigenvalue weighted by Crippen LogP contribution is 2.31. The van der Waals surface area contributed by atoms with Crippen LogP contribution in [0.5, 0.6) is 0 Å². The molecule has 0 spiro atoms. The van der Waals surface area contributed by atoms with E-state index in [9.17, 15) is 0 Å². The lowest BCUT2D eigenvalue weighted by Crippen LogP contribution is -2.10. The third-order valence-electron chi connectivity index (χ3n) is 2.78. The number of benzene rings is 1. The highest BCUT2D eigenvalue weighted by molar-refractivity contribution is 7.16. The molecule has 17 heavy (non-hydrogen) atoms. The van der Waals surface area contributed by atoms with Crippen LogP contribution in [0.2, 0.25) is 0 Å². The number of aryl methyl sites for hydroxylation is 1. The van der Waals surface area contributed by atoms with Crippen molar-refractivity contribution in [3.8, 4) is 11.3 Å². The van der Waals surface area contributed by atoms with E-state index in [2.05, 4.69) is 50.0 Å². The number of nitrogen functional groups attached to an aromatic ring is 1. The number of aromatic nitrogens is 1. The van der Waals surface area contributed by atoms with Crippen LogP contribution in [0.25, 0.3) is 11.3 Å². The lowest BCUT2D eigenvalue weighted by atomic mass is 9.86. The second kappa shape index (κ2) is 4.15. The molecule has 2 rings (SSSR count). The van der Waals surface area contributed by atoms with Gasteiger partial charge in [0.2, 0.25) is 0 Å². The van der Waals surface area contributed by atoms with E-state index in [1.54, 1.807) is 11.3 Å². The van der Waals surface area contributed by atoms with Crippen LogP contribution in [0, 0.1) is 6.92 Å². The SMILES string of the molecule is Cc1nc(-c2ccc(C(C)(C)C)cc2)c(N)s1. The van der Waals surface area contributed by atoms with Crippen LogP contribution in [-0.2, 0) is 5.41 Å². The highest BCUT2D eigenvalue weighted by atomic mass is 32.1. The zero-order valence-electron chi connectivity index (χ0n) is 10.7. The number of anilines is 1. The van der Waals surface area contributed by atoms with Crippen LogP contribution in [0.15, 0.2) is 24.3 Å². The Morgan fingerprint density at radius 2 is 1.71 bits per heavy atom. The van der Waals surface area contributed by atoms with Gasteiger partial charge in [-0.15, -0.1) is 11.3 Å². The van der Waals surface area contributed by atoms with Gasteiger partial charge in [0.1, 0.15) is 10.7 Å². The van der Waals surface area contributed by atoms with Crippen LogP contribution >= 0.6 is 11.3 Å². The average molecular weight is 246 g/mol. The molecule has 1 aromatic carbocycles. The molecule has 2 aromatic rings. The second-order valence-corrected chi connectivity index (χ2v) is 6.51. The van der Waals surface area contributed by atoms with Crippen LogP contribution in [0.3, 0.4) is 0 Å². The van der Waals surface area contributed by atoms with Crippen LogP contribution in [0.4, 0.5) is 5.00 Å². The lowest BCUT2D eigenvalue weighted by molar-refractivity contribution is 0.590. The molecule has 0 aliphatic rings. The smallest absolute Gasteiger partial charge is 0.114 e. The minimum Gasteiger partial charge on any atom is -0.389 e. The van der Waals surface area contributed by atoms with Crippen molar-refractivity contribution in [3.63, 3.8) is 0 Å². The monoisotopic (exact) mass is 246 g/mol. The molecule has 0 fully saturated rings. The van der Waals surface area contributed by atoms with Gasteiger partial charge in [-0.05, 0) is 17.9 Å².